The van der Waals surface area contributed by atoms with Crippen LogP contribution in [-0.4, -0.2) is 19.1 Å². The van der Waals surface area contributed by atoms with Gasteiger partial charge in [0.15, 0.2) is 0 Å². The number of esters is 1. The minimum Gasteiger partial charge on any atom is -0.466 e. The number of rotatable bonds is 5. The van der Waals surface area contributed by atoms with Gasteiger partial charge in [-0.15, -0.1) is 0 Å². The van der Waals surface area contributed by atoms with Gasteiger partial charge in [0.05, 0.1) is 12.5 Å². The summed E-state index contributed by atoms with van der Waals surface area (Å²) in [6, 6.07) is 4.53. The summed E-state index contributed by atoms with van der Waals surface area (Å²) < 4.78 is 17.9. The van der Waals surface area contributed by atoms with E-state index in [0.29, 0.717) is 13.0 Å². The molecule has 0 bridgehead atoms. The van der Waals surface area contributed by atoms with Crippen LogP contribution in [0.15, 0.2) is 18.2 Å². The predicted octanol–water partition coefficient (Wildman–Crippen LogP) is 1.81. The van der Waals surface area contributed by atoms with Crippen LogP contribution < -0.4 is 5.73 Å². The molecule has 1 rings (SSSR count). The topological polar surface area (TPSA) is 52.3 Å². The Hall–Kier alpha value is -1.42. The van der Waals surface area contributed by atoms with Gasteiger partial charge in [-0.3, -0.25) is 4.79 Å². The lowest BCUT2D eigenvalue weighted by Gasteiger charge is -2.14. The fourth-order valence-electron chi connectivity index (χ4n) is 1.68. The van der Waals surface area contributed by atoms with Gasteiger partial charge in [-0.05, 0) is 43.5 Å². The van der Waals surface area contributed by atoms with Crippen LogP contribution in [0.4, 0.5) is 4.39 Å². The number of carbonyl (C=O) groups excluding carboxylic acids is 1. The van der Waals surface area contributed by atoms with Crippen molar-refractivity contribution >= 4 is 5.97 Å². The zero-order chi connectivity index (χ0) is 12.8. The molecular weight excluding hydrogens is 221 g/mol. The van der Waals surface area contributed by atoms with Crippen molar-refractivity contribution < 1.29 is 13.9 Å². The van der Waals surface area contributed by atoms with E-state index in [1.807, 2.05) is 6.92 Å². The van der Waals surface area contributed by atoms with E-state index in [9.17, 15) is 9.18 Å². The Kier molecular flexibility index (Phi) is 5.10. The Balaban J connectivity index is 2.77. The second-order valence-electron chi connectivity index (χ2n) is 3.96. The average Bonchev–Trinajstić information content (AvgIpc) is 2.28. The Bertz CT molecular complexity index is 393. The molecule has 0 saturated carbocycles. The number of hydrogen-bond acceptors (Lipinski definition) is 3. The van der Waals surface area contributed by atoms with Gasteiger partial charge >= 0.3 is 5.97 Å². The highest BCUT2D eigenvalue weighted by Gasteiger charge is 2.19. The number of carbonyl (C=O) groups is 1. The minimum atomic E-state index is -0.362. The zero-order valence-electron chi connectivity index (χ0n) is 10.2. The van der Waals surface area contributed by atoms with E-state index in [-0.39, 0.29) is 24.2 Å². The third-order valence-corrected chi connectivity index (χ3v) is 2.68. The second-order valence-corrected chi connectivity index (χ2v) is 3.96. The molecule has 94 valence electrons. The Morgan fingerprint density at radius 1 is 1.53 bits per heavy atom. The molecule has 0 aliphatic carbocycles. The summed E-state index contributed by atoms with van der Waals surface area (Å²) >= 11 is 0. The summed E-state index contributed by atoms with van der Waals surface area (Å²) in [4.78, 5) is 11.6. The van der Waals surface area contributed by atoms with E-state index in [1.165, 1.54) is 12.1 Å². The highest BCUT2D eigenvalue weighted by molar-refractivity contribution is 5.73. The molecule has 2 N–H and O–H groups in total. The standard InChI is InChI=1S/C13H18FNO2/c1-3-17-13(16)11(8-15)7-10-4-5-12(14)6-9(10)2/h4-6,11H,3,7-8,15H2,1-2H3. The first-order valence-corrected chi connectivity index (χ1v) is 5.70. The number of halogens is 1. The fourth-order valence-corrected chi connectivity index (χ4v) is 1.68. The molecule has 0 aromatic heterocycles. The number of hydrogen-bond donors (Lipinski definition) is 1. The van der Waals surface area contributed by atoms with Crippen molar-refractivity contribution in [3.8, 4) is 0 Å². The molecule has 1 aromatic rings. The van der Waals surface area contributed by atoms with Crippen molar-refractivity contribution in [2.24, 2.45) is 11.7 Å². The normalized spacial score (nSPS) is 12.2. The molecule has 1 aromatic carbocycles. The highest BCUT2D eigenvalue weighted by atomic mass is 19.1. The quantitative estimate of drug-likeness (QED) is 0.797. The lowest BCUT2D eigenvalue weighted by Crippen LogP contribution is -2.27. The number of benzene rings is 1. The summed E-state index contributed by atoms with van der Waals surface area (Å²) in [6.07, 6.45) is 0.488. The Labute approximate surface area is 101 Å². The lowest BCUT2D eigenvalue weighted by atomic mass is 9.96. The first kappa shape index (κ1) is 13.6. The number of aryl methyl sites for hydroxylation is 1. The van der Waals surface area contributed by atoms with Crippen molar-refractivity contribution in [1.29, 1.82) is 0 Å². The summed E-state index contributed by atoms with van der Waals surface area (Å²) in [7, 11) is 0. The van der Waals surface area contributed by atoms with E-state index in [1.54, 1.807) is 13.0 Å². The van der Waals surface area contributed by atoms with Crippen LogP contribution in [0.5, 0.6) is 0 Å². The smallest absolute Gasteiger partial charge is 0.310 e. The largest absolute Gasteiger partial charge is 0.466 e. The maximum atomic E-state index is 12.9. The van der Waals surface area contributed by atoms with Crippen LogP contribution in [0.2, 0.25) is 0 Å². The van der Waals surface area contributed by atoms with Crippen LogP contribution in [0, 0.1) is 18.7 Å². The molecule has 0 aliphatic rings. The van der Waals surface area contributed by atoms with E-state index in [2.05, 4.69) is 0 Å². The van der Waals surface area contributed by atoms with Gasteiger partial charge < -0.3 is 10.5 Å². The van der Waals surface area contributed by atoms with Crippen molar-refractivity contribution in [1.82, 2.24) is 0 Å². The van der Waals surface area contributed by atoms with E-state index < -0.39 is 0 Å². The van der Waals surface area contributed by atoms with E-state index in [0.717, 1.165) is 11.1 Å². The van der Waals surface area contributed by atoms with Crippen LogP contribution in [0.25, 0.3) is 0 Å². The molecule has 0 amide bonds. The molecule has 1 unspecified atom stereocenters. The molecule has 1 atom stereocenters. The lowest BCUT2D eigenvalue weighted by molar-refractivity contribution is -0.147. The fraction of sp³-hybridized carbons (Fsp3) is 0.462. The Morgan fingerprint density at radius 3 is 2.76 bits per heavy atom. The van der Waals surface area contributed by atoms with Crippen molar-refractivity contribution in [2.45, 2.75) is 20.3 Å². The third-order valence-electron chi connectivity index (χ3n) is 2.68. The molecule has 4 heteroatoms. The average molecular weight is 239 g/mol. The zero-order valence-corrected chi connectivity index (χ0v) is 10.2. The highest BCUT2D eigenvalue weighted by Crippen LogP contribution is 2.15. The van der Waals surface area contributed by atoms with Crippen LogP contribution in [-0.2, 0) is 16.0 Å². The van der Waals surface area contributed by atoms with E-state index in [4.69, 9.17) is 10.5 Å². The van der Waals surface area contributed by atoms with Gasteiger partial charge in [-0.25, -0.2) is 4.39 Å². The number of ether oxygens (including phenoxy) is 1. The van der Waals surface area contributed by atoms with Gasteiger partial charge in [-0.1, -0.05) is 6.07 Å². The molecule has 0 fully saturated rings. The summed E-state index contributed by atoms with van der Waals surface area (Å²) in [6.45, 7) is 4.15. The maximum Gasteiger partial charge on any atom is 0.310 e. The van der Waals surface area contributed by atoms with Crippen molar-refractivity contribution in [2.75, 3.05) is 13.2 Å². The van der Waals surface area contributed by atoms with E-state index >= 15 is 0 Å². The first-order valence-electron chi connectivity index (χ1n) is 5.70. The molecule has 17 heavy (non-hydrogen) atoms. The molecule has 0 radical (unpaired) electrons. The van der Waals surface area contributed by atoms with Crippen LogP contribution in [0.3, 0.4) is 0 Å². The number of nitrogens with two attached hydrogens (primary N) is 1. The monoisotopic (exact) mass is 239 g/mol. The maximum absolute atomic E-state index is 12.9. The van der Waals surface area contributed by atoms with Gasteiger partial charge in [0.25, 0.3) is 0 Å². The summed E-state index contributed by atoms with van der Waals surface area (Å²) in [5, 5.41) is 0. The van der Waals surface area contributed by atoms with Gasteiger partial charge in [0.1, 0.15) is 5.82 Å². The predicted molar refractivity (Wildman–Crippen MR) is 64.0 cm³/mol. The van der Waals surface area contributed by atoms with Gasteiger partial charge in [-0.2, -0.15) is 0 Å². The van der Waals surface area contributed by atoms with Crippen molar-refractivity contribution in [3.63, 3.8) is 0 Å². The summed E-state index contributed by atoms with van der Waals surface area (Å²) in [5.41, 5.74) is 7.31. The van der Waals surface area contributed by atoms with Crippen LogP contribution >= 0.6 is 0 Å². The molecule has 3 nitrogen and oxygen atoms in total. The Morgan fingerprint density at radius 2 is 2.24 bits per heavy atom. The molecular formula is C13H18FNO2. The van der Waals surface area contributed by atoms with Gasteiger partial charge in [0.2, 0.25) is 0 Å². The first-order chi connectivity index (χ1) is 8.08. The van der Waals surface area contributed by atoms with Gasteiger partial charge in [0, 0.05) is 6.54 Å². The second kappa shape index (κ2) is 6.35. The molecule has 0 aliphatic heterocycles. The third kappa shape index (κ3) is 3.82. The van der Waals surface area contributed by atoms with Crippen LogP contribution in [0.1, 0.15) is 18.1 Å². The molecule has 0 heterocycles. The molecule has 0 spiro atoms. The SMILES string of the molecule is CCOC(=O)C(CN)Cc1ccc(F)cc1C. The molecule has 0 saturated heterocycles. The minimum absolute atomic E-state index is 0.232. The van der Waals surface area contributed by atoms with Crippen molar-refractivity contribution in [3.05, 3.63) is 35.1 Å². The summed E-state index contributed by atoms with van der Waals surface area (Å²) in [5.74, 6) is -0.926.